The van der Waals surface area contributed by atoms with Crippen LogP contribution in [0.15, 0.2) is 0 Å². The Balaban J connectivity index is 0. The highest BCUT2D eigenvalue weighted by atomic mass is 79.9. The zero-order valence-electron chi connectivity index (χ0n) is 26.0. The molecule has 0 aliphatic rings. The van der Waals surface area contributed by atoms with Crippen LogP contribution in [0.1, 0.15) is 169 Å². The van der Waals surface area contributed by atoms with Crippen molar-refractivity contribution in [3.8, 4) is 0 Å². The minimum atomic E-state index is -1.02. The molecule has 0 bridgehead atoms. The van der Waals surface area contributed by atoms with Gasteiger partial charge in [-0.1, -0.05) is 129 Å². The number of unbranched alkanes of at least 4 members (excludes halogenated alkanes) is 18. The summed E-state index contributed by atoms with van der Waals surface area (Å²) >= 11 is 0. The van der Waals surface area contributed by atoms with Crippen LogP contribution < -0.4 is 11.5 Å². The molecule has 6 heteroatoms. The highest BCUT2D eigenvalue weighted by Gasteiger charge is 2.51. The highest BCUT2D eigenvalue weighted by molar-refractivity contribution is 8.93. The molecule has 230 valence electrons. The zero-order chi connectivity index (χ0) is 27.7. The molecule has 1 atom stereocenters. The lowest BCUT2D eigenvalue weighted by Crippen LogP contribution is -2.56. The minimum Gasteiger partial charge on any atom is -0.369 e. The first-order valence-corrected chi connectivity index (χ1v) is 16.2. The highest BCUT2D eigenvalue weighted by Crippen LogP contribution is 2.40. The van der Waals surface area contributed by atoms with Crippen LogP contribution in [-0.4, -0.2) is 31.5 Å². The first-order chi connectivity index (χ1) is 17.9. The summed E-state index contributed by atoms with van der Waals surface area (Å²) in [6.45, 7) is 10.0. The van der Waals surface area contributed by atoms with Crippen LogP contribution in [0.25, 0.3) is 0 Å². The van der Waals surface area contributed by atoms with E-state index in [2.05, 4.69) is 13.8 Å². The number of carbonyl (C=O) groups excluding carboxylic acids is 1. The molecule has 1 amide bonds. The SMILES string of the molecule is Br.CCCCCCCCCCCCOC(C)(OCCCCCCCCCCCC)C(C)(CCCN)C(N)=O. The van der Waals surface area contributed by atoms with Gasteiger partial charge in [-0.25, -0.2) is 0 Å². The van der Waals surface area contributed by atoms with Crippen LogP contribution in [0, 0.1) is 5.41 Å². The third kappa shape index (κ3) is 19.0. The number of ether oxygens (including phenoxy) is 2. The van der Waals surface area contributed by atoms with Crippen molar-refractivity contribution < 1.29 is 14.3 Å². The molecule has 0 aliphatic heterocycles. The van der Waals surface area contributed by atoms with Gasteiger partial charge in [0.2, 0.25) is 5.91 Å². The first-order valence-electron chi connectivity index (χ1n) is 16.2. The van der Waals surface area contributed by atoms with E-state index in [4.69, 9.17) is 20.9 Å². The second kappa shape index (κ2) is 27.0. The van der Waals surface area contributed by atoms with Crippen LogP contribution in [-0.2, 0) is 14.3 Å². The fourth-order valence-corrected chi connectivity index (χ4v) is 5.10. The Hall–Kier alpha value is -0.170. The Morgan fingerprint density at radius 1 is 0.579 bits per heavy atom. The summed E-state index contributed by atoms with van der Waals surface area (Å²) in [4.78, 5) is 12.6. The van der Waals surface area contributed by atoms with E-state index in [9.17, 15) is 4.79 Å². The van der Waals surface area contributed by atoms with E-state index < -0.39 is 11.2 Å². The zero-order valence-corrected chi connectivity index (χ0v) is 27.7. The van der Waals surface area contributed by atoms with Gasteiger partial charge in [-0.15, -0.1) is 17.0 Å². The number of carbonyl (C=O) groups is 1. The molecule has 5 nitrogen and oxygen atoms in total. The van der Waals surface area contributed by atoms with E-state index in [1.807, 2.05) is 13.8 Å². The largest absolute Gasteiger partial charge is 0.369 e. The van der Waals surface area contributed by atoms with Crippen LogP contribution in [0.5, 0.6) is 0 Å². The number of nitrogens with two attached hydrogens (primary N) is 2. The summed E-state index contributed by atoms with van der Waals surface area (Å²) in [5.41, 5.74) is 10.8. The van der Waals surface area contributed by atoms with Crippen molar-refractivity contribution >= 4 is 22.9 Å². The van der Waals surface area contributed by atoms with Gasteiger partial charge < -0.3 is 20.9 Å². The number of halogens is 1. The average Bonchev–Trinajstić information content (AvgIpc) is 2.88. The number of hydrogen-bond donors (Lipinski definition) is 2. The van der Waals surface area contributed by atoms with Gasteiger partial charge in [-0.05, 0) is 46.1 Å². The van der Waals surface area contributed by atoms with E-state index >= 15 is 0 Å². The molecule has 0 fully saturated rings. The van der Waals surface area contributed by atoms with Gasteiger partial charge >= 0.3 is 0 Å². The summed E-state index contributed by atoms with van der Waals surface area (Å²) < 4.78 is 12.7. The van der Waals surface area contributed by atoms with E-state index in [0.717, 1.165) is 32.1 Å². The molecule has 0 aromatic rings. The molecule has 4 N–H and O–H groups in total. The van der Waals surface area contributed by atoms with Crippen molar-refractivity contribution in [2.75, 3.05) is 19.8 Å². The lowest BCUT2D eigenvalue weighted by Gasteiger charge is -2.44. The van der Waals surface area contributed by atoms with Crippen molar-refractivity contribution in [2.24, 2.45) is 16.9 Å². The molecule has 0 aromatic heterocycles. The van der Waals surface area contributed by atoms with Gasteiger partial charge in [-0.2, -0.15) is 0 Å². The second-order valence-electron chi connectivity index (χ2n) is 11.6. The van der Waals surface area contributed by atoms with Crippen LogP contribution in [0.2, 0.25) is 0 Å². The molecule has 0 saturated carbocycles. The Morgan fingerprint density at radius 2 is 0.895 bits per heavy atom. The predicted octanol–water partition coefficient (Wildman–Crippen LogP) is 9.39. The monoisotopic (exact) mass is 606 g/mol. The first kappa shape index (κ1) is 40.0. The molecular weight excluding hydrogens is 540 g/mol. The number of amides is 1. The summed E-state index contributed by atoms with van der Waals surface area (Å²) in [6, 6.07) is 0. The standard InChI is InChI=1S/C32H66N2O3.BrH/c1-5-7-9-11-13-15-17-19-21-23-28-36-32(4,31(3,30(34)35)26-25-27-33)37-29-24-22-20-18-16-14-12-10-8-6-2;/h5-29,33H2,1-4H3,(H2,34,35);1H. The van der Waals surface area contributed by atoms with Gasteiger partial charge in [0.1, 0.15) is 0 Å². The normalized spacial score (nSPS) is 13.3. The summed E-state index contributed by atoms with van der Waals surface area (Å²) in [5, 5.41) is 0. The lowest BCUT2D eigenvalue weighted by molar-refractivity contribution is -0.280. The molecule has 0 aromatic carbocycles. The molecule has 1 unspecified atom stereocenters. The quantitative estimate of drug-likeness (QED) is 0.0655. The summed E-state index contributed by atoms with van der Waals surface area (Å²) in [6.07, 6.45) is 26.9. The maximum Gasteiger partial charge on any atom is 0.228 e. The smallest absolute Gasteiger partial charge is 0.228 e. The Labute approximate surface area is 248 Å². The van der Waals surface area contributed by atoms with E-state index in [1.54, 1.807) is 0 Å². The molecule has 0 spiro atoms. The maximum absolute atomic E-state index is 12.6. The van der Waals surface area contributed by atoms with E-state index in [0.29, 0.717) is 26.2 Å². The Kier molecular flexibility index (Phi) is 28.4. The van der Waals surface area contributed by atoms with E-state index in [1.165, 1.54) is 103 Å². The van der Waals surface area contributed by atoms with Gasteiger partial charge in [0.15, 0.2) is 5.79 Å². The van der Waals surface area contributed by atoms with Crippen LogP contribution in [0.4, 0.5) is 0 Å². The van der Waals surface area contributed by atoms with Crippen molar-refractivity contribution in [3.05, 3.63) is 0 Å². The van der Waals surface area contributed by atoms with Gasteiger partial charge in [0.25, 0.3) is 0 Å². The molecular formula is C32H67BrN2O3. The molecule has 0 rings (SSSR count). The fourth-order valence-electron chi connectivity index (χ4n) is 5.10. The molecule has 0 heterocycles. The fraction of sp³-hybridized carbons (Fsp3) is 0.969. The molecule has 38 heavy (non-hydrogen) atoms. The van der Waals surface area contributed by atoms with Crippen molar-refractivity contribution in [1.29, 1.82) is 0 Å². The second-order valence-corrected chi connectivity index (χ2v) is 11.6. The Morgan fingerprint density at radius 3 is 1.18 bits per heavy atom. The molecule has 0 saturated heterocycles. The summed E-state index contributed by atoms with van der Waals surface area (Å²) in [5.74, 6) is -1.39. The van der Waals surface area contributed by atoms with Gasteiger partial charge in [-0.3, -0.25) is 4.79 Å². The van der Waals surface area contributed by atoms with Gasteiger partial charge in [0, 0.05) is 0 Å². The Bertz CT molecular complexity index is 495. The van der Waals surface area contributed by atoms with Crippen LogP contribution >= 0.6 is 17.0 Å². The third-order valence-electron chi connectivity index (χ3n) is 8.18. The number of primary amides is 1. The maximum atomic E-state index is 12.6. The van der Waals surface area contributed by atoms with Crippen molar-refractivity contribution in [1.82, 2.24) is 0 Å². The predicted molar refractivity (Wildman–Crippen MR) is 170 cm³/mol. The van der Waals surface area contributed by atoms with E-state index in [-0.39, 0.29) is 22.9 Å². The van der Waals surface area contributed by atoms with Crippen LogP contribution in [0.3, 0.4) is 0 Å². The van der Waals surface area contributed by atoms with Crippen molar-refractivity contribution in [2.45, 2.75) is 175 Å². The molecule has 0 aliphatic carbocycles. The topological polar surface area (TPSA) is 87.6 Å². The lowest BCUT2D eigenvalue weighted by atomic mass is 9.76. The van der Waals surface area contributed by atoms with Gasteiger partial charge in [0.05, 0.1) is 18.6 Å². The number of hydrogen-bond acceptors (Lipinski definition) is 4. The molecule has 0 radical (unpaired) electrons. The third-order valence-corrected chi connectivity index (χ3v) is 8.18. The summed E-state index contributed by atoms with van der Waals surface area (Å²) in [7, 11) is 0. The van der Waals surface area contributed by atoms with Crippen molar-refractivity contribution in [3.63, 3.8) is 0 Å². The average molecular weight is 608 g/mol. The minimum absolute atomic E-state index is 0. The number of rotatable bonds is 29.